The Kier molecular flexibility index (Phi) is 8.01. The summed E-state index contributed by atoms with van der Waals surface area (Å²) in [6.07, 6.45) is 2.91. The Bertz CT molecular complexity index is 783. The highest BCUT2D eigenvalue weighted by Crippen LogP contribution is 2.23. The van der Waals surface area contributed by atoms with Crippen molar-refractivity contribution >= 4 is 18.3 Å². The van der Waals surface area contributed by atoms with Gasteiger partial charge in [-0.25, -0.2) is 9.67 Å². The van der Waals surface area contributed by atoms with Gasteiger partial charge in [0.15, 0.2) is 0 Å². The molecule has 0 radical (unpaired) electrons. The summed E-state index contributed by atoms with van der Waals surface area (Å²) in [7, 11) is 0. The Morgan fingerprint density at radius 3 is 2.61 bits per heavy atom. The first-order valence-electron chi connectivity index (χ1n) is 10.1. The zero-order valence-electron chi connectivity index (χ0n) is 17.3. The number of aryl methyl sites for hydroxylation is 1. The van der Waals surface area contributed by atoms with Gasteiger partial charge in [0.05, 0.1) is 5.69 Å². The lowest BCUT2D eigenvalue weighted by atomic mass is 10.0. The molecule has 1 saturated heterocycles. The van der Waals surface area contributed by atoms with E-state index in [-0.39, 0.29) is 24.4 Å². The standard InChI is InChI=1S/C21H31N5O.ClH/c1-5-14-25(17-10-12-22-13-11-17)21(27)20-23-16(4)26(24-20)19-9-7-6-8-18(19)15(2)3;/h6-9,15,17,22H,5,10-14H2,1-4H3;1H. The summed E-state index contributed by atoms with van der Waals surface area (Å²) in [6, 6.07) is 8.47. The second-order valence-electron chi connectivity index (χ2n) is 7.59. The van der Waals surface area contributed by atoms with Crippen molar-refractivity contribution in [2.75, 3.05) is 19.6 Å². The molecule has 0 aliphatic carbocycles. The maximum atomic E-state index is 13.2. The van der Waals surface area contributed by atoms with E-state index in [1.165, 1.54) is 5.56 Å². The summed E-state index contributed by atoms with van der Waals surface area (Å²) >= 11 is 0. The molecular weight excluding hydrogens is 374 g/mol. The first-order chi connectivity index (χ1) is 13.0. The molecule has 7 heteroatoms. The van der Waals surface area contributed by atoms with Gasteiger partial charge in [-0.1, -0.05) is 39.0 Å². The molecule has 154 valence electrons. The number of amides is 1. The smallest absolute Gasteiger partial charge is 0.293 e. The van der Waals surface area contributed by atoms with Crippen LogP contribution in [-0.2, 0) is 0 Å². The third-order valence-electron chi connectivity index (χ3n) is 5.22. The van der Waals surface area contributed by atoms with Crippen molar-refractivity contribution in [2.24, 2.45) is 0 Å². The molecule has 6 nitrogen and oxygen atoms in total. The highest BCUT2D eigenvalue weighted by molar-refractivity contribution is 5.90. The van der Waals surface area contributed by atoms with Crippen molar-refractivity contribution in [3.63, 3.8) is 0 Å². The van der Waals surface area contributed by atoms with Gasteiger partial charge in [0.2, 0.25) is 5.82 Å². The molecule has 2 aromatic rings. The highest BCUT2D eigenvalue weighted by atomic mass is 35.5. The molecule has 1 aromatic heterocycles. The van der Waals surface area contributed by atoms with Crippen LogP contribution in [0.3, 0.4) is 0 Å². The molecule has 0 spiro atoms. The Hall–Kier alpha value is -1.92. The molecule has 1 aliphatic rings. The van der Waals surface area contributed by atoms with Crippen LogP contribution >= 0.6 is 12.4 Å². The van der Waals surface area contributed by atoms with E-state index in [1.807, 2.05) is 34.7 Å². The van der Waals surface area contributed by atoms with Gasteiger partial charge in [-0.2, -0.15) is 0 Å². The lowest BCUT2D eigenvalue weighted by Crippen LogP contribution is -2.46. The molecule has 1 aliphatic heterocycles. The van der Waals surface area contributed by atoms with E-state index < -0.39 is 0 Å². The molecule has 0 bridgehead atoms. The van der Waals surface area contributed by atoms with Crippen LogP contribution in [0.5, 0.6) is 0 Å². The van der Waals surface area contributed by atoms with Gasteiger partial charge >= 0.3 is 0 Å². The highest BCUT2D eigenvalue weighted by Gasteiger charge is 2.28. The Labute approximate surface area is 174 Å². The second-order valence-corrected chi connectivity index (χ2v) is 7.59. The van der Waals surface area contributed by atoms with E-state index in [1.54, 1.807) is 0 Å². The van der Waals surface area contributed by atoms with Crippen LogP contribution in [0.25, 0.3) is 5.69 Å². The van der Waals surface area contributed by atoms with Crippen molar-refractivity contribution < 1.29 is 4.79 Å². The van der Waals surface area contributed by atoms with E-state index in [9.17, 15) is 4.79 Å². The second kappa shape index (κ2) is 10.0. The minimum absolute atomic E-state index is 0. The van der Waals surface area contributed by atoms with E-state index >= 15 is 0 Å². The molecule has 28 heavy (non-hydrogen) atoms. The van der Waals surface area contributed by atoms with Gasteiger partial charge in [0, 0.05) is 12.6 Å². The number of piperidine rings is 1. The monoisotopic (exact) mass is 405 g/mol. The molecular formula is C21H32ClN5O. The number of rotatable bonds is 6. The van der Waals surface area contributed by atoms with Gasteiger partial charge in [-0.05, 0) is 56.8 Å². The number of aromatic nitrogens is 3. The number of benzene rings is 1. The quantitative estimate of drug-likeness (QED) is 0.795. The third kappa shape index (κ3) is 4.73. The molecule has 1 amide bonds. The average molecular weight is 406 g/mol. The summed E-state index contributed by atoms with van der Waals surface area (Å²) in [6.45, 7) is 11.0. The largest absolute Gasteiger partial charge is 0.333 e. The van der Waals surface area contributed by atoms with Gasteiger partial charge in [-0.15, -0.1) is 17.5 Å². The number of hydrogen-bond donors (Lipinski definition) is 1. The first kappa shape index (κ1) is 22.4. The molecule has 1 aromatic carbocycles. The maximum Gasteiger partial charge on any atom is 0.293 e. The van der Waals surface area contributed by atoms with Crippen molar-refractivity contribution in [1.29, 1.82) is 0 Å². The summed E-state index contributed by atoms with van der Waals surface area (Å²) in [4.78, 5) is 19.7. The van der Waals surface area contributed by atoms with Gasteiger partial charge in [-0.3, -0.25) is 4.79 Å². The van der Waals surface area contributed by atoms with Crippen LogP contribution in [0.4, 0.5) is 0 Å². The molecule has 2 heterocycles. The van der Waals surface area contributed by atoms with Crippen LogP contribution in [0.2, 0.25) is 0 Å². The average Bonchev–Trinajstić information content (AvgIpc) is 3.08. The van der Waals surface area contributed by atoms with E-state index in [0.717, 1.165) is 50.4 Å². The number of hydrogen-bond acceptors (Lipinski definition) is 4. The van der Waals surface area contributed by atoms with Gasteiger partial charge in [0.1, 0.15) is 5.82 Å². The van der Waals surface area contributed by atoms with Crippen LogP contribution in [0.1, 0.15) is 68.0 Å². The number of halogens is 1. The van der Waals surface area contributed by atoms with E-state index in [0.29, 0.717) is 11.7 Å². The molecule has 0 atom stereocenters. The van der Waals surface area contributed by atoms with Crippen LogP contribution in [0.15, 0.2) is 24.3 Å². The summed E-state index contributed by atoms with van der Waals surface area (Å²) in [5, 5.41) is 7.99. The summed E-state index contributed by atoms with van der Waals surface area (Å²) in [5.41, 5.74) is 2.20. The number of carbonyl (C=O) groups excluding carboxylic acids is 1. The number of carbonyl (C=O) groups is 1. The van der Waals surface area contributed by atoms with Crippen molar-refractivity contribution in [3.05, 3.63) is 41.5 Å². The summed E-state index contributed by atoms with van der Waals surface area (Å²) in [5.74, 6) is 1.37. The van der Waals surface area contributed by atoms with Crippen LogP contribution in [0, 0.1) is 6.92 Å². The Balaban J connectivity index is 0.00000280. The minimum Gasteiger partial charge on any atom is -0.333 e. The Morgan fingerprint density at radius 2 is 1.96 bits per heavy atom. The predicted molar refractivity (Wildman–Crippen MR) is 115 cm³/mol. The van der Waals surface area contributed by atoms with Crippen molar-refractivity contribution in [2.45, 2.75) is 58.9 Å². The van der Waals surface area contributed by atoms with Crippen molar-refractivity contribution in [3.8, 4) is 5.69 Å². The maximum absolute atomic E-state index is 13.2. The molecule has 1 fully saturated rings. The molecule has 0 unspecified atom stereocenters. The predicted octanol–water partition coefficient (Wildman–Crippen LogP) is 3.73. The van der Waals surface area contributed by atoms with Gasteiger partial charge < -0.3 is 10.2 Å². The van der Waals surface area contributed by atoms with Crippen LogP contribution in [-0.4, -0.2) is 51.2 Å². The molecule has 1 N–H and O–H groups in total. The fourth-order valence-corrected chi connectivity index (χ4v) is 3.82. The zero-order valence-corrected chi connectivity index (χ0v) is 18.1. The fourth-order valence-electron chi connectivity index (χ4n) is 3.82. The number of nitrogens with zero attached hydrogens (tertiary/aromatic N) is 4. The topological polar surface area (TPSA) is 63.1 Å². The first-order valence-corrected chi connectivity index (χ1v) is 10.1. The normalized spacial score (nSPS) is 14.8. The third-order valence-corrected chi connectivity index (χ3v) is 5.22. The zero-order chi connectivity index (χ0) is 19.4. The fraction of sp³-hybridized carbons (Fsp3) is 0.571. The Morgan fingerprint density at radius 1 is 1.29 bits per heavy atom. The molecule has 0 saturated carbocycles. The minimum atomic E-state index is -0.0485. The van der Waals surface area contributed by atoms with Crippen LogP contribution < -0.4 is 5.32 Å². The van der Waals surface area contributed by atoms with E-state index in [2.05, 4.69) is 42.2 Å². The van der Waals surface area contributed by atoms with E-state index in [4.69, 9.17) is 0 Å². The lowest BCUT2D eigenvalue weighted by molar-refractivity contribution is 0.0630. The van der Waals surface area contributed by atoms with Crippen molar-refractivity contribution in [1.82, 2.24) is 25.0 Å². The molecule has 3 rings (SSSR count). The SMILES string of the molecule is CCCN(C(=O)c1nc(C)n(-c2ccccc2C(C)C)n1)C1CCNCC1.Cl. The van der Waals surface area contributed by atoms with Gasteiger partial charge in [0.25, 0.3) is 5.91 Å². The number of nitrogens with one attached hydrogen (secondary N) is 1. The lowest BCUT2D eigenvalue weighted by Gasteiger charge is -2.33. The number of para-hydroxylation sites is 1. The summed E-state index contributed by atoms with van der Waals surface area (Å²) < 4.78 is 1.81.